The SMILES string of the molecule is CCN(CC)COC(=O)c1ccc(NC(=O)c2cc3ccccc3oc2=O)cc1. The lowest BCUT2D eigenvalue weighted by Gasteiger charge is -2.17. The summed E-state index contributed by atoms with van der Waals surface area (Å²) in [6.07, 6.45) is 0. The van der Waals surface area contributed by atoms with Crippen molar-refractivity contribution in [3.05, 3.63) is 76.1 Å². The number of anilines is 1. The number of esters is 1. The van der Waals surface area contributed by atoms with E-state index in [1.165, 1.54) is 6.07 Å². The van der Waals surface area contributed by atoms with Gasteiger partial charge in [0.05, 0.1) is 5.56 Å². The molecule has 0 unspecified atom stereocenters. The minimum absolute atomic E-state index is 0.0913. The molecule has 0 atom stereocenters. The highest BCUT2D eigenvalue weighted by Crippen LogP contribution is 2.15. The quantitative estimate of drug-likeness (QED) is 0.375. The summed E-state index contributed by atoms with van der Waals surface area (Å²) in [6.45, 7) is 5.78. The van der Waals surface area contributed by atoms with Crippen molar-refractivity contribution in [3.63, 3.8) is 0 Å². The second-order valence-corrected chi connectivity index (χ2v) is 6.38. The number of nitrogens with zero attached hydrogens (tertiary/aromatic N) is 1. The van der Waals surface area contributed by atoms with Gasteiger partial charge in [0.15, 0.2) is 0 Å². The third-order valence-electron chi connectivity index (χ3n) is 4.54. The van der Waals surface area contributed by atoms with Crippen LogP contribution in [-0.2, 0) is 4.74 Å². The number of amides is 1. The van der Waals surface area contributed by atoms with Crippen LogP contribution in [0, 0.1) is 0 Å². The van der Waals surface area contributed by atoms with Gasteiger partial charge in [-0.25, -0.2) is 9.59 Å². The average Bonchev–Trinajstić information content (AvgIpc) is 2.74. The predicted molar refractivity (Wildman–Crippen MR) is 110 cm³/mol. The summed E-state index contributed by atoms with van der Waals surface area (Å²) in [7, 11) is 0. The molecule has 1 aromatic heterocycles. The molecule has 7 heteroatoms. The fourth-order valence-corrected chi connectivity index (χ4v) is 2.75. The van der Waals surface area contributed by atoms with E-state index < -0.39 is 17.5 Å². The first kappa shape index (κ1) is 20.3. The van der Waals surface area contributed by atoms with Crippen molar-refractivity contribution < 1.29 is 18.7 Å². The van der Waals surface area contributed by atoms with Crippen molar-refractivity contribution in [1.82, 2.24) is 4.90 Å². The first-order valence-electron chi connectivity index (χ1n) is 9.35. The molecule has 0 saturated heterocycles. The molecule has 2 aromatic carbocycles. The number of para-hydroxylation sites is 1. The van der Waals surface area contributed by atoms with Crippen molar-refractivity contribution in [2.45, 2.75) is 13.8 Å². The largest absolute Gasteiger partial charge is 0.446 e. The summed E-state index contributed by atoms with van der Waals surface area (Å²) in [4.78, 5) is 38.7. The van der Waals surface area contributed by atoms with Gasteiger partial charge in [0, 0.05) is 11.1 Å². The van der Waals surface area contributed by atoms with Gasteiger partial charge >= 0.3 is 11.6 Å². The van der Waals surface area contributed by atoms with Crippen LogP contribution in [0.1, 0.15) is 34.6 Å². The Morgan fingerprint density at radius 2 is 1.72 bits per heavy atom. The Labute approximate surface area is 167 Å². The van der Waals surface area contributed by atoms with E-state index in [1.807, 2.05) is 18.7 Å². The number of fused-ring (bicyclic) bond motifs is 1. The van der Waals surface area contributed by atoms with Gasteiger partial charge in [-0.3, -0.25) is 9.69 Å². The number of carbonyl (C=O) groups is 2. The molecule has 0 bridgehead atoms. The Bertz CT molecular complexity index is 1070. The molecule has 3 aromatic rings. The Morgan fingerprint density at radius 1 is 1.03 bits per heavy atom. The Kier molecular flexibility index (Phi) is 6.41. The molecule has 7 nitrogen and oxygen atoms in total. The van der Waals surface area contributed by atoms with Gasteiger partial charge in [0.25, 0.3) is 5.91 Å². The predicted octanol–water partition coefficient (Wildman–Crippen LogP) is 3.50. The monoisotopic (exact) mass is 394 g/mol. The summed E-state index contributed by atoms with van der Waals surface area (Å²) in [5, 5.41) is 3.30. The van der Waals surface area contributed by atoms with Gasteiger partial charge < -0.3 is 14.5 Å². The van der Waals surface area contributed by atoms with Crippen LogP contribution in [0.5, 0.6) is 0 Å². The fourth-order valence-electron chi connectivity index (χ4n) is 2.75. The summed E-state index contributed by atoms with van der Waals surface area (Å²) < 4.78 is 10.5. The zero-order chi connectivity index (χ0) is 20.8. The maximum atomic E-state index is 12.5. The molecule has 29 heavy (non-hydrogen) atoms. The molecular formula is C22H22N2O5. The normalized spacial score (nSPS) is 10.9. The average molecular weight is 394 g/mol. The van der Waals surface area contributed by atoms with Gasteiger partial charge in [-0.2, -0.15) is 0 Å². The van der Waals surface area contributed by atoms with Crippen LogP contribution in [0.4, 0.5) is 5.69 Å². The van der Waals surface area contributed by atoms with E-state index in [2.05, 4.69) is 5.32 Å². The van der Waals surface area contributed by atoms with E-state index in [9.17, 15) is 14.4 Å². The number of benzene rings is 2. The van der Waals surface area contributed by atoms with Crippen molar-refractivity contribution >= 4 is 28.5 Å². The zero-order valence-corrected chi connectivity index (χ0v) is 16.3. The molecule has 0 saturated carbocycles. The van der Waals surface area contributed by atoms with Crippen LogP contribution in [0.15, 0.2) is 63.8 Å². The van der Waals surface area contributed by atoms with Crippen LogP contribution < -0.4 is 10.9 Å². The summed E-state index contributed by atoms with van der Waals surface area (Å²) in [6, 6.07) is 14.7. The molecule has 0 aliphatic carbocycles. The molecular weight excluding hydrogens is 372 g/mol. The smallest absolute Gasteiger partial charge is 0.349 e. The number of carbonyl (C=O) groups excluding carboxylic acids is 2. The molecule has 1 heterocycles. The maximum Gasteiger partial charge on any atom is 0.349 e. The molecule has 0 aliphatic rings. The minimum Gasteiger partial charge on any atom is -0.446 e. The lowest BCUT2D eigenvalue weighted by Crippen LogP contribution is -2.27. The van der Waals surface area contributed by atoms with Crippen LogP contribution in [0.3, 0.4) is 0 Å². The topological polar surface area (TPSA) is 88.8 Å². The number of rotatable bonds is 7. The van der Waals surface area contributed by atoms with Gasteiger partial charge in [-0.1, -0.05) is 32.0 Å². The van der Waals surface area contributed by atoms with Crippen molar-refractivity contribution in [2.75, 3.05) is 25.1 Å². The third kappa shape index (κ3) is 4.89. The summed E-state index contributed by atoms with van der Waals surface area (Å²) in [5.41, 5.74) is 0.439. The lowest BCUT2D eigenvalue weighted by molar-refractivity contribution is 0.0240. The highest BCUT2D eigenvalue weighted by Gasteiger charge is 2.15. The molecule has 0 radical (unpaired) electrons. The van der Waals surface area contributed by atoms with Gasteiger partial charge in [0.1, 0.15) is 17.9 Å². The first-order valence-corrected chi connectivity index (χ1v) is 9.35. The van der Waals surface area contributed by atoms with Crippen molar-refractivity contribution in [3.8, 4) is 0 Å². The molecule has 3 rings (SSSR count). The van der Waals surface area contributed by atoms with Crippen molar-refractivity contribution in [1.29, 1.82) is 0 Å². The third-order valence-corrected chi connectivity index (χ3v) is 4.54. The molecule has 0 aliphatic heterocycles. The fraction of sp³-hybridized carbons (Fsp3) is 0.227. The second-order valence-electron chi connectivity index (χ2n) is 6.38. The molecule has 150 valence electrons. The van der Waals surface area contributed by atoms with E-state index in [4.69, 9.17) is 9.15 Å². The zero-order valence-electron chi connectivity index (χ0n) is 16.3. The van der Waals surface area contributed by atoms with E-state index in [0.717, 1.165) is 13.1 Å². The van der Waals surface area contributed by atoms with Gasteiger partial charge in [-0.05, 0) is 49.5 Å². The molecule has 0 spiro atoms. The van der Waals surface area contributed by atoms with Crippen LogP contribution in [0.25, 0.3) is 11.0 Å². The Morgan fingerprint density at radius 3 is 2.41 bits per heavy atom. The van der Waals surface area contributed by atoms with E-state index in [1.54, 1.807) is 48.5 Å². The second kappa shape index (κ2) is 9.16. The van der Waals surface area contributed by atoms with Crippen LogP contribution in [0.2, 0.25) is 0 Å². The standard InChI is InChI=1S/C22H22N2O5/c1-3-24(4-2)14-28-21(26)15-9-11-17(12-10-15)23-20(25)18-13-16-7-5-6-8-19(16)29-22(18)27/h5-13H,3-4,14H2,1-2H3,(H,23,25). The van der Waals surface area contributed by atoms with Crippen molar-refractivity contribution in [2.24, 2.45) is 0 Å². The van der Waals surface area contributed by atoms with E-state index in [-0.39, 0.29) is 12.3 Å². The van der Waals surface area contributed by atoms with Gasteiger partial charge in [0.2, 0.25) is 0 Å². The first-order chi connectivity index (χ1) is 14.0. The summed E-state index contributed by atoms with van der Waals surface area (Å²) >= 11 is 0. The number of hydrogen-bond acceptors (Lipinski definition) is 6. The number of ether oxygens (including phenoxy) is 1. The number of nitrogens with one attached hydrogen (secondary N) is 1. The lowest BCUT2D eigenvalue weighted by atomic mass is 10.1. The minimum atomic E-state index is -0.710. The van der Waals surface area contributed by atoms with E-state index >= 15 is 0 Å². The molecule has 1 N–H and O–H groups in total. The van der Waals surface area contributed by atoms with Gasteiger partial charge in [-0.15, -0.1) is 0 Å². The Balaban J connectivity index is 1.68. The molecule has 1 amide bonds. The van der Waals surface area contributed by atoms with E-state index in [0.29, 0.717) is 22.2 Å². The Hall–Kier alpha value is -3.45. The maximum absolute atomic E-state index is 12.5. The summed E-state index contributed by atoms with van der Waals surface area (Å²) in [5.74, 6) is -1.02. The van der Waals surface area contributed by atoms with Crippen LogP contribution >= 0.6 is 0 Å². The highest BCUT2D eigenvalue weighted by molar-refractivity contribution is 6.05. The molecule has 0 fully saturated rings. The number of hydrogen-bond donors (Lipinski definition) is 1. The highest BCUT2D eigenvalue weighted by atomic mass is 16.5. The van der Waals surface area contributed by atoms with Crippen LogP contribution in [-0.4, -0.2) is 36.6 Å².